The number of piperazine rings is 1. The van der Waals surface area contributed by atoms with Crippen LogP contribution in [0.25, 0.3) is 0 Å². The smallest absolute Gasteiger partial charge is 0.270 e. The van der Waals surface area contributed by atoms with Gasteiger partial charge < -0.3 is 15.1 Å². The van der Waals surface area contributed by atoms with Crippen LogP contribution in [0.15, 0.2) is 72.9 Å². The SMILES string of the molecule is Cc1cccc(N2CCN(c3ccc(C(=O)NCc4ccccc4)nc3)CC2)c1. The monoisotopic (exact) mass is 386 g/mol. The highest BCUT2D eigenvalue weighted by molar-refractivity contribution is 5.92. The van der Waals surface area contributed by atoms with Crippen molar-refractivity contribution in [2.45, 2.75) is 13.5 Å². The quantitative estimate of drug-likeness (QED) is 0.727. The Morgan fingerprint density at radius 3 is 2.28 bits per heavy atom. The molecule has 0 bridgehead atoms. The number of nitrogens with zero attached hydrogens (tertiary/aromatic N) is 3. The van der Waals surface area contributed by atoms with Crippen LogP contribution in [0.5, 0.6) is 0 Å². The summed E-state index contributed by atoms with van der Waals surface area (Å²) in [6.45, 7) is 6.46. The van der Waals surface area contributed by atoms with Gasteiger partial charge in [-0.3, -0.25) is 4.79 Å². The van der Waals surface area contributed by atoms with E-state index in [1.54, 1.807) is 6.20 Å². The molecule has 0 unspecified atom stereocenters. The number of rotatable bonds is 5. The molecule has 0 atom stereocenters. The fourth-order valence-corrected chi connectivity index (χ4v) is 3.62. The molecule has 4 rings (SSSR count). The lowest BCUT2D eigenvalue weighted by atomic mass is 10.2. The normalized spacial score (nSPS) is 14.0. The van der Waals surface area contributed by atoms with E-state index < -0.39 is 0 Å². The van der Waals surface area contributed by atoms with Gasteiger partial charge in [0.1, 0.15) is 5.69 Å². The zero-order chi connectivity index (χ0) is 20.1. The van der Waals surface area contributed by atoms with Gasteiger partial charge in [0.25, 0.3) is 5.91 Å². The van der Waals surface area contributed by atoms with Crippen molar-refractivity contribution >= 4 is 17.3 Å². The molecule has 1 aromatic heterocycles. The Morgan fingerprint density at radius 1 is 0.897 bits per heavy atom. The summed E-state index contributed by atoms with van der Waals surface area (Å²) >= 11 is 0. The minimum absolute atomic E-state index is 0.148. The van der Waals surface area contributed by atoms with E-state index in [0.717, 1.165) is 37.4 Å². The molecule has 1 amide bonds. The summed E-state index contributed by atoms with van der Waals surface area (Å²) in [5.74, 6) is -0.148. The van der Waals surface area contributed by atoms with E-state index in [1.807, 2.05) is 42.5 Å². The number of benzene rings is 2. The van der Waals surface area contributed by atoms with Crippen molar-refractivity contribution in [2.75, 3.05) is 36.0 Å². The molecule has 0 spiro atoms. The molecule has 0 radical (unpaired) electrons. The van der Waals surface area contributed by atoms with E-state index in [-0.39, 0.29) is 5.91 Å². The molecular weight excluding hydrogens is 360 g/mol. The van der Waals surface area contributed by atoms with Crippen LogP contribution < -0.4 is 15.1 Å². The third kappa shape index (κ3) is 4.74. The molecular formula is C24H26N4O. The maximum atomic E-state index is 12.3. The number of nitrogens with one attached hydrogen (secondary N) is 1. The number of pyridine rings is 1. The van der Waals surface area contributed by atoms with E-state index >= 15 is 0 Å². The first kappa shape index (κ1) is 19.0. The minimum Gasteiger partial charge on any atom is -0.368 e. The number of amides is 1. The lowest BCUT2D eigenvalue weighted by Gasteiger charge is -2.37. The lowest BCUT2D eigenvalue weighted by Crippen LogP contribution is -2.46. The number of aryl methyl sites for hydroxylation is 1. The molecule has 2 heterocycles. The Hall–Kier alpha value is -3.34. The molecule has 2 aromatic carbocycles. The number of hydrogen-bond donors (Lipinski definition) is 1. The van der Waals surface area contributed by atoms with Gasteiger partial charge in [-0.15, -0.1) is 0 Å². The number of aromatic nitrogens is 1. The number of carbonyl (C=O) groups is 1. The van der Waals surface area contributed by atoms with Crippen LogP contribution in [0.3, 0.4) is 0 Å². The Bertz CT molecular complexity index is 948. The highest BCUT2D eigenvalue weighted by Crippen LogP contribution is 2.21. The third-order valence-corrected chi connectivity index (χ3v) is 5.29. The van der Waals surface area contributed by atoms with Crippen molar-refractivity contribution < 1.29 is 4.79 Å². The molecule has 0 aliphatic carbocycles. The Kier molecular flexibility index (Phi) is 5.75. The van der Waals surface area contributed by atoms with Crippen LogP contribution in [-0.2, 0) is 6.54 Å². The van der Waals surface area contributed by atoms with E-state index in [1.165, 1.54) is 11.3 Å². The molecule has 3 aromatic rings. The van der Waals surface area contributed by atoms with E-state index in [0.29, 0.717) is 12.2 Å². The van der Waals surface area contributed by atoms with Crippen molar-refractivity contribution in [2.24, 2.45) is 0 Å². The average Bonchev–Trinajstić information content (AvgIpc) is 2.78. The van der Waals surface area contributed by atoms with E-state index in [2.05, 4.69) is 51.3 Å². The van der Waals surface area contributed by atoms with Crippen molar-refractivity contribution in [3.05, 3.63) is 89.7 Å². The summed E-state index contributed by atoms with van der Waals surface area (Å²) in [7, 11) is 0. The first-order valence-electron chi connectivity index (χ1n) is 10.0. The maximum Gasteiger partial charge on any atom is 0.270 e. The van der Waals surface area contributed by atoms with Crippen LogP contribution in [0.1, 0.15) is 21.6 Å². The predicted molar refractivity (Wildman–Crippen MR) is 117 cm³/mol. The van der Waals surface area contributed by atoms with Gasteiger partial charge in [-0.05, 0) is 42.3 Å². The van der Waals surface area contributed by atoms with Gasteiger partial charge in [0.15, 0.2) is 0 Å². The fourth-order valence-electron chi connectivity index (χ4n) is 3.62. The molecule has 5 heteroatoms. The van der Waals surface area contributed by atoms with Crippen molar-refractivity contribution in [1.82, 2.24) is 10.3 Å². The second-order valence-corrected chi connectivity index (χ2v) is 7.38. The van der Waals surface area contributed by atoms with Gasteiger partial charge >= 0.3 is 0 Å². The molecule has 5 nitrogen and oxygen atoms in total. The highest BCUT2D eigenvalue weighted by atomic mass is 16.1. The average molecular weight is 386 g/mol. The van der Waals surface area contributed by atoms with Gasteiger partial charge in [-0.25, -0.2) is 4.98 Å². The van der Waals surface area contributed by atoms with Gasteiger partial charge in [-0.1, -0.05) is 42.5 Å². The molecule has 1 aliphatic rings. The fraction of sp³-hybridized carbons (Fsp3) is 0.250. The summed E-state index contributed by atoms with van der Waals surface area (Å²) in [6, 6.07) is 22.3. The molecule has 0 saturated carbocycles. The van der Waals surface area contributed by atoms with Crippen molar-refractivity contribution in [1.29, 1.82) is 0 Å². The molecule has 1 N–H and O–H groups in total. The third-order valence-electron chi connectivity index (χ3n) is 5.29. The van der Waals surface area contributed by atoms with Crippen LogP contribution in [0, 0.1) is 6.92 Å². The Morgan fingerprint density at radius 2 is 1.62 bits per heavy atom. The number of hydrogen-bond acceptors (Lipinski definition) is 4. The summed E-state index contributed by atoms with van der Waals surface area (Å²) in [5, 5.41) is 2.92. The van der Waals surface area contributed by atoms with Gasteiger partial charge in [0.05, 0.1) is 11.9 Å². The van der Waals surface area contributed by atoms with Gasteiger partial charge in [0, 0.05) is 38.4 Å². The Balaban J connectivity index is 1.32. The predicted octanol–water partition coefficient (Wildman–Crippen LogP) is 3.65. The van der Waals surface area contributed by atoms with Gasteiger partial charge in [-0.2, -0.15) is 0 Å². The molecule has 148 valence electrons. The van der Waals surface area contributed by atoms with Crippen molar-refractivity contribution in [3.8, 4) is 0 Å². The molecule has 1 aliphatic heterocycles. The number of anilines is 2. The second-order valence-electron chi connectivity index (χ2n) is 7.38. The standard InChI is InChI=1S/C24H26N4O/c1-19-6-5-9-21(16-19)27-12-14-28(15-13-27)22-10-11-23(25-18-22)24(29)26-17-20-7-3-2-4-8-20/h2-11,16,18H,12-15,17H2,1H3,(H,26,29). The molecule has 1 fully saturated rings. The lowest BCUT2D eigenvalue weighted by molar-refractivity contribution is 0.0946. The second kappa shape index (κ2) is 8.78. The van der Waals surface area contributed by atoms with Crippen LogP contribution in [0.2, 0.25) is 0 Å². The van der Waals surface area contributed by atoms with Gasteiger partial charge in [0.2, 0.25) is 0 Å². The van der Waals surface area contributed by atoms with E-state index in [9.17, 15) is 4.79 Å². The van der Waals surface area contributed by atoms with Crippen molar-refractivity contribution in [3.63, 3.8) is 0 Å². The Labute approximate surface area is 172 Å². The van der Waals surface area contributed by atoms with Crippen LogP contribution in [-0.4, -0.2) is 37.1 Å². The zero-order valence-corrected chi connectivity index (χ0v) is 16.7. The minimum atomic E-state index is -0.148. The topological polar surface area (TPSA) is 48.5 Å². The van der Waals surface area contributed by atoms with Crippen LogP contribution in [0.4, 0.5) is 11.4 Å². The number of carbonyl (C=O) groups excluding carboxylic acids is 1. The highest BCUT2D eigenvalue weighted by Gasteiger charge is 2.18. The maximum absolute atomic E-state index is 12.3. The summed E-state index contributed by atoms with van der Waals surface area (Å²) < 4.78 is 0. The summed E-state index contributed by atoms with van der Waals surface area (Å²) in [6.07, 6.45) is 1.81. The largest absolute Gasteiger partial charge is 0.368 e. The summed E-state index contributed by atoms with van der Waals surface area (Å²) in [4.78, 5) is 21.5. The molecule has 29 heavy (non-hydrogen) atoms. The van der Waals surface area contributed by atoms with E-state index in [4.69, 9.17) is 0 Å². The first-order chi connectivity index (χ1) is 14.2. The molecule has 1 saturated heterocycles. The first-order valence-corrected chi connectivity index (χ1v) is 10.0. The van der Waals surface area contributed by atoms with Crippen LogP contribution >= 0.6 is 0 Å². The summed E-state index contributed by atoms with van der Waals surface area (Å²) in [5.41, 5.74) is 5.16. The zero-order valence-electron chi connectivity index (χ0n) is 16.7.